The monoisotopic (exact) mass is 390 g/mol. The molecule has 1 unspecified atom stereocenters. The lowest BCUT2D eigenvalue weighted by molar-refractivity contribution is 0.177. The first kappa shape index (κ1) is 14.6. The van der Waals surface area contributed by atoms with Crippen molar-refractivity contribution in [3.8, 4) is 0 Å². The van der Waals surface area contributed by atoms with Gasteiger partial charge in [0.05, 0.1) is 10.6 Å². The topological polar surface area (TPSA) is 20.2 Å². The lowest BCUT2D eigenvalue weighted by Crippen LogP contribution is -2.04. The Labute approximate surface area is 126 Å². The van der Waals surface area contributed by atoms with Crippen LogP contribution in [0.3, 0.4) is 0 Å². The summed E-state index contributed by atoms with van der Waals surface area (Å²) in [6.07, 6.45) is -0.581. The molecule has 0 aromatic heterocycles. The Balaban J connectivity index is 2.25. The van der Waals surface area contributed by atoms with Gasteiger partial charge in [-0.2, -0.15) is 0 Å². The predicted molar refractivity (Wildman–Crippen MR) is 76.9 cm³/mol. The van der Waals surface area contributed by atoms with E-state index in [2.05, 4.69) is 31.9 Å². The summed E-state index contributed by atoms with van der Waals surface area (Å²) in [6, 6.07) is 9.86. The number of hydrogen-bond acceptors (Lipinski definition) is 1. The predicted octanol–water partition coefficient (Wildman–Crippen LogP) is 4.77. The van der Waals surface area contributed by atoms with Crippen molar-refractivity contribution in [1.82, 2.24) is 0 Å². The minimum absolute atomic E-state index is 0.0324. The second-order valence-corrected chi connectivity index (χ2v) is 5.82. The molecule has 0 bridgehead atoms. The molecule has 0 saturated carbocycles. The van der Waals surface area contributed by atoms with Gasteiger partial charge in [-0.3, -0.25) is 0 Å². The molecule has 100 valence electrons. The second-order valence-electron chi connectivity index (χ2n) is 4.11. The maximum Gasteiger partial charge on any atom is 0.173 e. The molecule has 0 amide bonds. The van der Waals surface area contributed by atoms with Crippen molar-refractivity contribution < 1.29 is 13.9 Å². The zero-order valence-corrected chi connectivity index (χ0v) is 12.9. The Morgan fingerprint density at radius 1 is 1.11 bits per heavy atom. The Morgan fingerprint density at radius 3 is 2.53 bits per heavy atom. The molecule has 0 aliphatic rings. The summed E-state index contributed by atoms with van der Waals surface area (Å²) in [5.74, 6) is -1.92. The standard InChI is InChI=1S/C14H10Br2F2O/c15-9-3-1-2-8(6-9)7-12(19)10-4-5-11(17)14(18)13(10)16/h1-6,12,19H,7H2. The van der Waals surface area contributed by atoms with Crippen LogP contribution in [0.15, 0.2) is 45.3 Å². The summed E-state index contributed by atoms with van der Waals surface area (Å²) in [5, 5.41) is 10.1. The van der Waals surface area contributed by atoms with Crippen molar-refractivity contribution in [3.63, 3.8) is 0 Å². The molecule has 0 aliphatic carbocycles. The van der Waals surface area contributed by atoms with Crippen molar-refractivity contribution in [2.24, 2.45) is 0 Å². The molecule has 2 aromatic carbocycles. The summed E-state index contributed by atoms with van der Waals surface area (Å²) < 4.78 is 27.3. The number of halogens is 4. The number of hydrogen-bond donors (Lipinski definition) is 1. The van der Waals surface area contributed by atoms with E-state index in [1.54, 1.807) is 0 Å². The highest BCUT2D eigenvalue weighted by Crippen LogP contribution is 2.30. The molecular weight excluding hydrogens is 382 g/mol. The molecule has 0 radical (unpaired) electrons. The highest BCUT2D eigenvalue weighted by Gasteiger charge is 2.17. The highest BCUT2D eigenvalue weighted by atomic mass is 79.9. The van der Waals surface area contributed by atoms with Gasteiger partial charge in [-0.1, -0.05) is 34.1 Å². The molecule has 1 N–H and O–H groups in total. The van der Waals surface area contributed by atoms with Gasteiger partial charge >= 0.3 is 0 Å². The van der Waals surface area contributed by atoms with Crippen molar-refractivity contribution in [2.45, 2.75) is 12.5 Å². The van der Waals surface area contributed by atoms with Crippen LogP contribution in [-0.4, -0.2) is 5.11 Å². The third-order valence-corrected chi connectivity index (χ3v) is 4.04. The van der Waals surface area contributed by atoms with Gasteiger partial charge in [0, 0.05) is 10.9 Å². The molecule has 1 atom stereocenters. The maximum atomic E-state index is 13.4. The van der Waals surface area contributed by atoms with Gasteiger partial charge in [0.25, 0.3) is 0 Å². The van der Waals surface area contributed by atoms with E-state index in [-0.39, 0.29) is 4.47 Å². The van der Waals surface area contributed by atoms with Crippen LogP contribution in [-0.2, 0) is 6.42 Å². The molecular formula is C14H10Br2F2O. The van der Waals surface area contributed by atoms with Crippen molar-refractivity contribution in [3.05, 3.63) is 68.1 Å². The maximum absolute atomic E-state index is 13.4. The molecule has 0 fully saturated rings. The highest BCUT2D eigenvalue weighted by molar-refractivity contribution is 9.10. The minimum atomic E-state index is -0.981. The first-order chi connectivity index (χ1) is 8.99. The number of aliphatic hydroxyl groups excluding tert-OH is 1. The average Bonchev–Trinajstić information content (AvgIpc) is 2.36. The van der Waals surface area contributed by atoms with Crippen molar-refractivity contribution in [1.29, 1.82) is 0 Å². The van der Waals surface area contributed by atoms with Crippen LogP contribution in [0, 0.1) is 11.6 Å². The summed E-state index contributed by atoms with van der Waals surface area (Å²) in [7, 11) is 0. The molecule has 0 aliphatic heterocycles. The van der Waals surface area contributed by atoms with Crippen molar-refractivity contribution in [2.75, 3.05) is 0 Å². The quantitative estimate of drug-likeness (QED) is 0.747. The van der Waals surface area contributed by atoms with E-state index in [4.69, 9.17) is 0 Å². The molecule has 0 spiro atoms. The average molecular weight is 392 g/mol. The lowest BCUT2D eigenvalue weighted by Gasteiger charge is -2.14. The van der Waals surface area contributed by atoms with Crippen LogP contribution in [0.1, 0.15) is 17.2 Å². The van der Waals surface area contributed by atoms with Crippen molar-refractivity contribution >= 4 is 31.9 Å². The zero-order valence-electron chi connectivity index (χ0n) is 9.71. The molecule has 2 aromatic rings. The lowest BCUT2D eigenvalue weighted by atomic mass is 10.0. The Bertz CT molecular complexity index is 602. The van der Waals surface area contributed by atoms with Crippen LogP contribution in [0.25, 0.3) is 0 Å². The number of aliphatic hydroxyl groups is 1. The van der Waals surface area contributed by atoms with Gasteiger partial charge in [-0.25, -0.2) is 8.78 Å². The molecule has 1 nitrogen and oxygen atoms in total. The van der Waals surface area contributed by atoms with E-state index in [0.717, 1.165) is 16.1 Å². The summed E-state index contributed by atoms with van der Waals surface area (Å²) in [6.45, 7) is 0. The van der Waals surface area contributed by atoms with E-state index in [1.165, 1.54) is 6.07 Å². The molecule has 0 saturated heterocycles. The Kier molecular flexibility index (Phi) is 4.71. The SMILES string of the molecule is OC(Cc1cccc(Br)c1)c1ccc(F)c(F)c1Br. The zero-order chi connectivity index (χ0) is 14.0. The minimum Gasteiger partial charge on any atom is -0.388 e. The normalized spacial score (nSPS) is 12.5. The fraction of sp³-hybridized carbons (Fsp3) is 0.143. The first-order valence-electron chi connectivity index (χ1n) is 5.55. The molecule has 0 heterocycles. The van der Waals surface area contributed by atoms with E-state index >= 15 is 0 Å². The van der Waals surface area contributed by atoms with Crippen LogP contribution in [0.5, 0.6) is 0 Å². The number of rotatable bonds is 3. The molecule has 2 rings (SSSR count). The summed E-state index contributed by atoms with van der Waals surface area (Å²) in [4.78, 5) is 0. The third-order valence-electron chi connectivity index (χ3n) is 2.74. The Morgan fingerprint density at radius 2 is 1.84 bits per heavy atom. The van der Waals surface area contributed by atoms with E-state index < -0.39 is 17.7 Å². The van der Waals surface area contributed by atoms with Gasteiger partial charge in [0.2, 0.25) is 0 Å². The van der Waals surface area contributed by atoms with Gasteiger partial charge in [0.1, 0.15) is 0 Å². The summed E-state index contributed by atoms with van der Waals surface area (Å²) in [5.41, 5.74) is 1.23. The van der Waals surface area contributed by atoms with Gasteiger partial charge < -0.3 is 5.11 Å². The fourth-order valence-electron chi connectivity index (χ4n) is 1.80. The second kappa shape index (κ2) is 6.11. The van der Waals surface area contributed by atoms with Crippen LogP contribution >= 0.6 is 31.9 Å². The largest absolute Gasteiger partial charge is 0.388 e. The fourth-order valence-corrected chi connectivity index (χ4v) is 2.83. The van der Waals surface area contributed by atoms with E-state index in [0.29, 0.717) is 12.0 Å². The van der Waals surface area contributed by atoms with Crippen LogP contribution < -0.4 is 0 Å². The van der Waals surface area contributed by atoms with Gasteiger partial charge in [-0.05, 0) is 45.3 Å². The third kappa shape index (κ3) is 3.41. The van der Waals surface area contributed by atoms with Crippen LogP contribution in [0.2, 0.25) is 0 Å². The Hall–Kier alpha value is -0.780. The molecule has 5 heteroatoms. The molecule has 19 heavy (non-hydrogen) atoms. The number of benzene rings is 2. The van der Waals surface area contributed by atoms with Crippen LogP contribution in [0.4, 0.5) is 8.78 Å². The van der Waals surface area contributed by atoms with E-state index in [1.807, 2.05) is 24.3 Å². The smallest absolute Gasteiger partial charge is 0.173 e. The van der Waals surface area contributed by atoms with E-state index in [9.17, 15) is 13.9 Å². The summed E-state index contributed by atoms with van der Waals surface area (Å²) >= 11 is 6.32. The van der Waals surface area contributed by atoms with Gasteiger partial charge in [0.15, 0.2) is 11.6 Å². The van der Waals surface area contributed by atoms with Gasteiger partial charge in [-0.15, -0.1) is 0 Å². The first-order valence-corrected chi connectivity index (χ1v) is 7.13.